The molecule has 0 spiro atoms. The maximum absolute atomic E-state index is 12.7. The molecule has 1 saturated heterocycles. The molecule has 2 amide bonds. The van der Waals surface area contributed by atoms with Gasteiger partial charge in [-0.3, -0.25) is 9.59 Å². The molecule has 1 aromatic carbocycles. The van der Waals surface area contributed by atoms with E-state index in [-0.39, 0.29) is 23.7 Å². The van der Waals surface area contributed by atoms with E-state index in [0.29, 0.717) is 37.4 Å². The predicted octanol–water partition coefficient (Wildman–Crippen LogP) is 1.90. The molecule has 8 heteroatoms. The number of hydrogen-bond acceptors (Lipinski definition) is 4. The van der Waals surface area contributed by atoms with Crippen molar-refractivity contribution >= 4 is 21.8 Å². The molecular weight excluding hydrogens is 390 g/mol. The third-order valence-electron chi connectivity index (χ3n) is 6.00. The number of benzene rings is 1. The first-order valence-electron chi connectivity index (χ1n) is 10.5. The molecule has 1 unspecified atom stereocenters. The summed E-state index contributed by atoms with van der Waals surface area (Å²) >= 11 is 0. The van der Waals surface area contributed by atoms with Gasteiger partial charge >= 0.3 is 0 Å². The van der Waals surface area contributed by atoms with Gasteiger partial charge in [-0.1, -0.05) is 31.0 Å². The van der Waals surface area contributed by atoms with Gasteiger partial charge in [-0.25, -0.2) is 8.42 Å². The van der Waals surface area contributed by atoms with Crippen LogP contribution in [-0.4, -0.2) is 50.2 Å². The maximum Gasteiger partial charge on any atom is 0.243 e. The van der Waals surface area contributed by atoms with Crippen LogP contribution in [0.2, 0.25) is 0 Å². The lowest BCUT2D eigenvalue weighted by molar-refractivity contribution is -0.130. The molecule has 0 aromatic heterocycles. The highest BCUT2D eigenvalue weighted by Gasteiger charge is 2.30. The van der Waals surface area contributed by atoms with Crippen molar-refractivity contribution in [3.63, 3.8) is 0 Å². The van der Waals surface area contributed by atoms with E-state index < -0.39 is 16.1 Å². The van der Waals surface area contributed by atoms with Gasteiger partial charge in [-0.15, -0.1) is 0 Å². The van der Waals surface area contributed by atoms with Gasteiger partial charge in [0.1, 0.15) is 6.04 Å². The predicted molar refractivity (Wildman–Crippen MR) is 110 cm³/mol. The van der Waals surface area contributed by atoms with Crippen molar-refractivity contribution < 1.29 is 18.0 Å². The monoisotopic (exact) mass is 421 g/mol. The Morgan fingerprint density at radius 3 is 2.31 bits per heavy atom. The van der Waals surface area contributed by atoms with E-state index in [1.807, 2.05) is 0 Å². The SMILES string of the molecule is CC(NC(=O)C1CCCC1)C(=O)NCC1CCN(S(=O)(=O)c2ccccc2)CC1. The first-order chi connectivity index (χ1) is 13.9. The number of sulfonamides is 1. The first kappa shape index (κ1) is 21.8. The Bertz CT molecular complexity index is 798. The number of amides is 2. The van der Waals surface area contributed by atoms with Crippen LogP contribution in [-0.2, 0) is 19.6 Å². The minimum atomic E-state index is -3.45. The summed E-state index contributed by atoms with van der Waals surface area (Å²) in [6, 6.07) is 7.92. The van der Waals surface area contributed by atoms with Gasteiger partial charge < -0.3 is 10.6 Å². The number of rotatable bonds is 7. The summed E-state index contributed by atoms with van der Waals surface area (Å²) in [6.07, 6.45) is 5.38. The highest BCUT2D eigenvalue weighted by atomic mass is 32.2. The van der Waals surface area contributed by atoms with Crippen molar-refractivity contribution in [1.82, 2.24) is 14.9 Å². The van der Waals surface area contributed by atoms with E-state index in [2.05, 4.69) is 10.6 Å². The molecule has 0 radical (unpaired) electrons. The van der Waals surface area contributed by atoms with Crippen molar-refractivity contribution in [3.05, 3.63) is 30.3 Å². The number of hydrogen-bond donors (Lipinski definition) is 2. The highest BCUT2D eigenvalue weighted by Crippen LogP contribution is 2.25. The lowest BCUT2D eigenvalue weighted by Gasteiger charge is -2.31. The largest absolute Gasteiger partial charge is 0.354 e. The van der Waals surface area contributed by atoms with Crippen LogP contribution in [0.15, 0.2) is 35.2 Å². The zero-order chi connectivity index (χ0) is 20.9. The van der Waals surface area contributed by atoms with Crippen molar-refractivity contribution in [2.75, 3.05) is 19.6 Å². The van der Waals surface area contributed by atoms with E-state index in [1.54, 1.807) is 37.3 Å². The summed E-state index contributed by atoms with van der Waals surface area (Å²) in [5.74, 6) is 0.0697. The van der Waals surface area contributed by atoms with Gasteiger partial charge in [0.2, 0.25) is 21.8 Å². The molecule has 7 nitrogen and oxygen atoms in total. The van der Waals surface area contributed by atoms with E-state index in [1.165, 1.54) is 4.31 Å². The number of nitrogens with one attached hydrogen (secondary N) is 2. The van der Waals surface area contributed by atoms with Crippen LogP contribution in [0, 0.1) is 11.8 Å². The van der Waals surface area contributed by atoms with Crippen molar-refractivity contribution in [1.29, 1.82) is 0 Å². The van der Waals surface area contributed by atoms with Gasteiger partial charge in [0.05, 0.1) is 4.90 Å². The number of carbonyl (C=O) groups is 2. The van der Waals surface area contributed by atoms with E-state index in [0.717, 1.165) is 25.7 Å². The van der Waals surface area contributed by atoms with Crippen LogP contribution >= 0.6 is 0 Å². The molecule has 1 heterocycles. The van der Waals surface area contributed by atoms with Gasteiger partial charge in [-0.2, -0.15) is 4.31 Å². The van der Waals surface area contributed by atoms with E-state index in [9.17, 15) is 18.0 Å². The number of piperidine rings is 1. The van der Waals surface area contributed by atoms with Crippen LogP contribution in [0.4, 0.5) is 0 Å². The standard InChI is InChI=1S/C21H31N3O4S/c1-16(23-21(26)18-7-5-6-8-18)20(25)22-15-17-11-13-24(14-12-17)29(27,28)19-9-3-2-4-10-19/h2-4,9-10,16-18H,5-8,11-15H2,1H3,(H,22,25)(H,23,26). The Morgan fingerprint density at radius 2 is 1.69 bits per heavy atom. The summed E-state index contributed by atoms with van der Waals surface area (Å²) in [5, 5.41) is 5.73. The summed E-state index contributed by atoms with van der Waals surface area (Å²) in [7, 11) is -3.45. The second kappa shape index (κ2) is 9.71. The summed E-state index contributed by atoms with van der Waals surface area (Å²) in [6.45, 7) is 3.11. The minimum absolute atomic E-state index is 0.0235. The quantitative estimate of drug-likeness (QED) is 0.703. The molecule has 1 aliphatic carbocycles. The maximum atomic E-state index is 12.7. The van der Waals surface area contributed by atoms with Gasteiger partial charge in [0.15, 0.2) is 0 Å². The fourth-order valence-electron chi connectivity index (χ4n) is 4.08. The molecule has 0 bridgehead atoms. The van der Waals surface area contributed by atoms with Crippen LogP contribution < -0.4 is 10.6 Å². The van der Waals surface area contributed by atoms with Crippen molar-refractivity contribution in [2.45, 2.75) is 56.4 Å². The summed E-state index contributed by atoms with van der Waals surface area (Å²) in [4.78, 5) is 24.8. The lowest BCUT2D eigenvalue weighted by Crippen LogP contribution is -2.48. The normalized spacial score (nSPS) is 20.3. The Kier molecular flexibility index (Phi) is 7.29. The topological polar surface area (TPSA) is 95.6 Å². The Labute approximate surface area is 173 Å². The van der Waals surface area contributed by atoms with Gasteiger partial charge in [0, 0.05) is 25.6 Å². The number of nitrogens with zero attached hydrogens (tertiary/aromatic N) is 1. The van der Waals surface area contributed by atoms with Crippen LogP contribution in [0.5, 0.6) is 0 Å². The average molecular weight is 422 g/mol. The molecule has 3 rings (SSSR count). The Hall–Kier alpha value is -1.93. The molecule has 2 N–H and O–H groups in total. The second-order valence-electron chi connectivity index (χ2n) is 8.12. The Balaban J connectivity index is 1.41. The lowest BCUT2D eigenvalue weighted by atomic mass is 9.98. The zero-order valence-corrected chi connectivity index (χ0v) is 17.8. The fourth-order valence-corrected chi connectivity index (χ4v) is 5.57. The Morgan fingerprint density at radius 1 is 1.07 bits per heavy atom. The summed E-state index contributed by atoms with van der Waals surface area (Å²) in [5.41, 5.74) is 0. The van der Waals surface area contributed by atoms with Crippen LogP contribution in [0.25, 0.3) is 0 Å². The molecule has 160 valence electrons. The van der Waals surface area contributed by atoms with Crippen molar-refractivity contribution in [2.24, 2.45) is 11.8 Å². The van der Waals surface area contributed by atoms with Gasteiger partial charge in [0.25, 0.3) is 0 Å². The molecule has 1 atom stereocenters. The highest BCUT2D eigenvalue weighted by molar-refractivity contribution is 7.89. The first-order valence-corrected chi connectivity index (χ1v) is 11.9. The average Bonchev–Trinajstić information content (AvgIpc) is 3.28. The third-order valence-corrected chi connectivity index (χ3v) is 7.91. The molecule has 1 saturated carbocycles. The smallest absolute Gasteiger partial charge is 0.243 e. The number of carbonyl (C=O) groups excluding carboxylic acids is 2. The fraction of sp³-hybridized carbons (Fsp3) is 0.619. The second-order valence-corrected chi connectivity index (χ2v) is 10.1. The molecule has 1 aromatic rings. The molecular formula is C21H31N3O4S. The third kappa shape index (κ3) is 5.57. The van der Waals surface area contributed by atoms with Crippen molar-refractivity contribution in [3.8, 4) is 0 Å². The zero-order valence-electron chi connectivity index (χ0n) is 17.0. The minimum Gasteiger partial charge on any atom is -0.354 e. The molecule has 2 aliphatic rings. The summed E-state index contributed by atoms with van der Waals surface area (Å²) < 4.78 is 26.9. The molecule has 2 fully saturated rings. The van der Waals surface area contributed by atoms with Crippen LogP contribution in [0.1, 0.15) is 45.4 Å². The molecule has 29 heavy (non-hydrogen) atoms. The van der Waals surface area contributed by atoms with E-state index >= 15 is 0 Å². The molecule has 1 aliphatic heterocycles. The van der Waals surface area contributed by atoms with Crippen LogP contribution in [0.3, 0.4) is 0 Å². The van der Waals surface area contributed by atoms with E-state index in [4.69, 9.17) is 0 Å². The van der Waals surface area contributed by atoms with Gasteiger partial charge in [-0.05, 0) is 50.7 Å².